The fraction of sp³-hybridized carbons (Fsp3) is 0.250. The van der Waals surface area contributed by atoms with Crippen molar-refractivity contribution in [3.8, 4) is 0 Å². The zero-order chi connectivity index (χ0) is 12.5. The van der Waals surface area contributed by atoms with Crippen molar-refractivity contribution in [1.82, 2.24) is 0 Å². The number of hydrogen-bond acceptors (Lipinski definition) is 2. The maximum atomic E-state index is 5.96. The second kappa shape index (κ2) is 4.46. The molecule has 0 spiro atoms. The second-order valence-corrected chi connectivity index (χ2v) is 4.91. The minimum atomic E-state index is 0.0859. The van der Waals surface area contributed by atoms with E-state index in [0.29, 0.717) is 0 Å². The molecule has 1 atom stereocenters. The summed E-state index contributed by atoms with van der Waals surface area (Å²) >= 11 is 0. The molecular formula is C16H18N2. The summed E-state index contributed by atoms with van der Waals surface area (Å²) in [7, 11) is 0. The van der Waals surface area contributed by atoms with Gasteiger partial charge in [-0.2, -0.15) is 0 Å². The molecule has 1 aliphatic rings. The van der Waals surface area contributed by atoms with Crippen molar-refractivity contribution in [2.45, 2.75) is 19.4 Å². The molecule has 2 N–H and O–H groups in total. The van der Waals surface area contributed by atoms with E-state index in [1.165, 1.54) is 22.5 Å². The van der Waals surface area contributed by atoms with Gasteiger partial charge in [-0.05, 0) is 42.7 Å². The summed E-state index contributed by atoms with van der Waals surface area (Å²) in [6.45, 7) is 3.08. The Morgan fingerprint density at radius 1 is 1.11 bits per heavy atom. The Morgan fingerprint density at radius 3 is 2.78 bits per heavy atom. The number of hydrogen-bond donors (Lipinski definition) is 1. The van der Waals surface area contributed by atoms with Crippen LogP contribution >= 0.6 is 0 Å². The molecule has 0 fully saturated rings. The summed E-state index contributed by atoms with van der Waals surface area (Å²) in [6.07, 6.45) is 1.12. The number of rotatable bonds is 2. The van der Waals surface area contributed by atoms with E-state index >= 15 is 0 Å². The Morgan fingerprint density at radius 2 is 1.94 bits per heavy atom. The average Bonchev–Trinajstić information content (AvgIpc) is 2.82. The molecule has 0 amide bonds. The molecule has 2 heteroatoms. The number of anilines is 2. The SMILES string of the molecule is C[C@H](N)c1cccc(N2CCc3ccccc32)c1. The smallest absolute Gasteiger partial charge is 0.0444 e. The molecule has 3 rings (SSSR count). The fourth-order valence-corrected chi connectivity index (χ4v) is 2.58. The zero-order valence-electron chi connectivity index (χ0n) is 10.6. The van der Waals surface area contributed by atoms with E-state index in [0.717, 1.165) is 13.0 Å². The predicted molar refractivity (Wildman–Crippen MR) is 76.2 cm³/mol. The average molecular weight is 238 g/mol. The summed E-state index contributed by atoms with van der Waals surface area (Å²) in [4.78, 5) is 2.38. The molecule has 0 saturated heterocycles. The number of benzene rings is 2. The van der Waals surface area contributed by atoms with Crippen molar-refractivity contribution >= 4 is 11.4 Å². The lowest BCUT2D eigenvalue weighted by Crippen LogP contribution is -2.14. The van der Waals surface area contributed by atoms with Gasteiger partial charge in [0.25, 0.3) is 0 Å². The predicted octanol–water partition coefficient (Wildman–Crippen LogP) is 3.40. The van der Waals surface area contributed by atoms with Crippen LogP contribution in [0.1, 0.15) is 24.1 Å². The van der Waals surface area contributed by atoms with Gasteiger partial charge in [-0.15, -0.1) is 0 Å². The van der Waals surface area contributed by atoms with Crippen LogP contribution in [0.5, 0.6) is 0 Å². The third-order valence-electron chi connectivity index (χ3n) is 3.59. The largest absolute Gasteiger partial charge is 0.341 e. The summed E-state index contributed by atoms with van der Waals surface area (Å²) in [5.41, 5.74) is 11.2. The highest BCUT2D eigenvalue weighted by Crippen LogP contribution is 2.34. The standard InChI is InChI=1S/C16H18N2/c1-12(17)14-6-4-7-15(11-14)18-10-9-13-5-2-3-8-16(13)18/h2-8,11-12H,9-10,17H2,1H3/t12-/m0/s1. The van der Waals surface area contributed by atoms with Crippen LogP contribution in [0.2, 0.25) is 0 Å². The summed E-state index contributed by atoms with van der Waals surface area (Å²) in [5.74, 6) is 0. The van der Waals surface area contributed by atoms with Crippen LogP contribution in [0, 0.1) is 0 Å². The van der Waals surface area contributed by atoms with E-state index in [-0.39, 0.29) is 6.04 Å². The Balaban J connectivity index is 2.00. The first-order valence-corrected chi connectivity index (χ1v) is 6.47. The summed E-state index contributed by atoms with van der Waals surface area (Å²) in [5, 5.41) is 0. The van der Waals surface area contributed by atoms with Gasteiger partial charge >= 0.3 is 0 Å². The molecule has 2 aromatic carbocycles. The highest BCUT2D eigenvalue weighted by Gasteiger charge is 2.19. The minimum Gasteiger partial charge on any atom is -0.341 e. The van der Waals surface area contributed by atoms with Crippen molar-refractivity contribution in [2.24, 2.45) is 5.73 Å². The van der Waals surface area contributed by atoms with Gasteiger partial charge in [0.05, 0.1) is 0 Å². The topological polar surface area (TPSA) is 29.3 Å². The molecule has 18 heavy (non-hydrogen) atoms. The molecular weight excluding hydrogens is 220 g/mol. The van der Waals surface area contributed by atoms with Gasteiger partial charge in [-0.3, -0.25) is 0 Å². The molecule has 1 heterocycles. The highest BCUT2D eigenvalue weighted by molar-refractivity contribution is 5.70. The van der Waals surface area contributed by atoms with Crippen molar-refractivity contribution in [3.63, 3.8) is 0 Å². The normalized spacial score (nSPS) is 15.6. The van der Waals surface area contributed by atoms with Gasteiger partial charge in [0.15, 0.2) is 0 Å². The van der Waals surface area contributed by atoms with E-state index in [9.17, 15) is 0 Å². The van der Waals surface area contributed by atoms with Crippen LogP contribution in [0.4, 0.5) is 11.4 Å². The Hall–Kier alpha value is -1.80. The molecule has 92 valence electrons. The molecule has 0 aliphatic carbocycles. The third kappa shape index (κ3) is 1.89. The van der Waals surface area contributed by atoms with Gasteiger partial charge in [-0.1, -0.05) is 30.3 Å². The van der Waals surface area contributed by atoms with Gasteiger partial charge in [0.2, 0.25) is 0 Å². The molecule has 0 saturated carbocycles. The lowest BCUT2D eigenvalue weighted by atomic mass is 10.1. The van der Waals surface area contributed by atoms with E-state index in [1.54, 1.807) is 0 Å². The quantitative estimate of drug-likeness (QED) is 0.868. The number of fused-ring (bicyclic) bond motifs is 1. The van der Waals surface area contributed by atoms with E-state index < -0.39 is 0 Å². The first-order valence-electron chi connectivity index (χ1n) is 6.47. The lowest BCUT2D eigenvalue weighted by Gasteiger charge is -2.21. The maximum absolute atomic E-state index is 5.96. The van der Waals surface area contributed by atoms with Crippen LogP contribution in [-0.4, -0.2) is 6.54 Å². The van der Waals surface area contributed by atoms with Crippen LogP contribution in [0.3, 0.4) is 0 Å². The highest BCUT2D eigenvalue weighted by atomic mass is 15.2. The minimum absolute atomic E-state index is 0.0859. The fourth-order valence-electron chi connectivity index (χ4n) is 2.58. The zero-order valence-corrected chi connectivity index (χ0v) is 10.6. The van der Waals surface area contributed by atoms with Crippen LogP contribution in [-0.2, 0) is 6.42 Å². The molecule has 2 aromatic rings. The molecule has 0 radical (unpaired) electrons. The van der Waals surface area contributed by atoms with Crippen LogP contribution in [0.15, 0.2) is 48.5 Å². The lowest BCUT2D eigenvalue weighted by molar-refractivity contribution is 0.817. The first-order chi connectivity index (χ1) is 8.75. The Labute approximate surface area is 108 Å². The van der Waals surface area contributed by atoms with E-state index in [2.05, 4.69) is 53.4 Å². The molecule has 2 nitrogen and oxygen atoms in total. The Bertz CT molecular complexity index is 561. The van der Waals surface area contributed by atoms with Crippen LogP contribution < -0.4 is 10.6 Å². The van der Waals surface area contributed by atoms with Crippen molar-refractivity contribution in [2.75, 3.05) is 11.4 Å². The molecule has 1 aliphatic heterocycles. The van der Waals surface area contributed by atoms with Crippen molar-refractivity contribution in [1.29, 1.82) is 0 Å². The Kier molecular flexibility index (Phi) is 2.80. The number of nitrogens with zero attached hydrogens (tertiary/aromatic N) is 1. The van der Waals surface area contributed by atoms with Crippen molar-refractivity contribution in [3.05, 3.63) is 59.7 Å². The number of para-hydroxylation sites is 1. The van der Waals surface area contributed by atoms with Crippen molar-refractivity contribution < 1.29 is 0 Å². The van der Waals surface area contributed by atoms with Gasteiger partial charge < -0.3 is 10.6 Å². The maximum Gasteiger partial charge on any atom is 0.0444 e. The summed E-state index contributed by atoms with van der Waals surface area (Å²) in [6, 6.07) is 17.3. The van der Waals surface area contributed by atoms with Gasteiger partial charge in [0.1, 0.15) is 0 Å². The van der Waals surface area contributed by atoms with Gasteiger partial charge in [-0.25, -0.2) is 0 Å². The second-order valence-electron chi connectivity index (χ2n) is 4.91. The third-order valence-corrected chi connectivity index (χ3v) is 3.59. The van der Waals surface area contributed by atoms with E-state index in [1.807, 2.05) is 6.92 Å². The monoisotopic (exact) mass is 238 g/mol. The molecule has 0 bridgehead atoms. The number of nitrogens with two attached hydrogens (primary N) is 1. The first kappa shape index (κ1) is 11.3. The molecule has 0 aromatic heterocycles. The summed E-state index contributed by atoms with van der Waals surface area (Å²) < 4.78 is 0. The van der Waals surface area contributed by atoms with Crippen LogP contribution in [0.25, 0.3) is 0 Å². The molecule has 0 unspecified atom stereocenters. The van der Waals surface area contributed by atoms with Gasteiger partial charge in [0, 0.05) is 24.0 Å². The van der Waals surface area contributed by atoms with E-state index in [4.69, 9.17) is 5.73 Å².